The zero-order chi connectivity index (χ0) is 6.41. The molecular formula is C7H14N. The maximum atomic E-state index is 4.12. The highest BCUT2D eigenvalue weighted by Crippen LogP contribution is 1.89. The van der Waals surface area contributed by atoms with Gasteiger partial charge in [-0.1, -0.05) is 13.3 Å². The molecular weight excluding hydrogens is 98.1 g/mol. The van der Waals surface area contributed by atoms with Gasteiger partial charge in [0.2, 0.25) is 0 Å². The molecule has 47 valence electrons. The van der Waals surface area contributed by atoms with E-state index in [0.29, 0.717) is 0 Å². The molecule has 0 aromatic heterocycles. The molecule has 8 heavy (non-hydrogen) atoms. The van der Waals surface area contributed by atoms with E-state index in [1.165, 1.54) is 0 Å². The summed E-state index contributed by atoms with van der Waals surface area (Å²) >= 11 is 0. The molecule has 1 heteroatoms. The number of aliphatic imine (C=N–C) groups is 1. The van der Waals surface area contributed by atoms with Gasteiger partial charge in [-0.15, -0.1) is 0 Å². The zero-order valence-corrected chi connectivity index (χ0v) is 5.78. The Balaban J connectivity index is 3.29. The molecule has 0 saturated heterocycles. The van der Waals surface area contributed by atoms with Gasteiger partial charge in [0.15, 0.2) is 0 Å². The Morgan fingerprint density at radius 3 is 2.50 bits per heavy atom. The standard InChI is InChI=1S/C7H14N/c1-4-6-7(3)8-5-2/h3-6H2,1-2H3. The van der Waals surface area contributed by atoms with E-state index in [1.807, 2.05) is 6.92 Å². The van der Waals surface area contributed by atoms with Crippen molar-refractivity contribution < 1.29 is 0 Å². The summed E-state index contributed by atoms with van der Waals surface area (Å²) in [4.78, 5) is 4.12. The van der Waals surface area contributed by atoms with Crippen LogP contribution in [0.5, 0.6) is 0 Å². The Morgan fingerprint density at radius 1 is 1.50 bits per heavy atom. The summed E-state index contributed by atoms with van der Waals surface area (Å²) in [5.74, 6) is 0. The number of hydrogen-bond acceptors (Lipinski definition) is 1. The van der Waals surface area contributed by atoms with Crippen LogP contribution in [0.15, 0.2) is 4.99 Å². The molecule has 0 aliphatic rings. The normalized spacial score (nSPS) is 12.1. The molecule has 0 aliphatic carbocycles. The SMILES string of the molecule is [CH2]C(CCC)=NCC. The fraction of sp³-hybridized carbons (Fsp3) is 0.714. The summed E-state index contributed by atoms with van der Waals surface area (Å²) < 4.78 is 0. The minimum Gasteiger partial charge on any atom is -0.294 e. The summed E-state index contributed by atoms with van der Waals surface area (Å²) in [7, 11) is 0. The Bertz CT molecular complexity index is 74.5. The third kappa shape index (κ3) is 3.85. The molecule has 0 unspecified atom stereocenters. The zero-order valence-electron chi connectivity index (χ0n) is 5.78. The van der Waals surface area contributed by atoms with Crippen molar-refractivity contribution in [3.8, 4) is 0 Å². The average molecular weight is 112 g/mol. The number of hydrogen-bond donors (Lipinski definition) is 0. The van der Waals surface area contributed by atoms with Crippen molar-refractivity contribution in [1.29, 1.82) is 0 Å². The first-order valence-electron chi connectivity index (χ1n) is 3.16. The first kappa shape index (κ1) is 7.67. The Labute approximate surface area is 51.8 Å². The van der Waals surface area contributed by atoms with E-state index in [0.717, 1.165) is 25.1 Å². The monoisotopic (exact) mass is 112 g/mol. The summed E-state index contributed by atoms with van der Waals surface area (Å²) in [5.41, 5.74) is 1.04. The summed E-state index contributed by atoms with van der Waals surface area (Å²) in [5, 5.41) is 0. The van der Waals surface area contributed by atoms with E-state index >= 15 is 0 Å². The van der Waals surface area contributed by atoms with Crippen LogP contribution in [0.25, 0.3) is 0 Å². The van der Waals surface area contributed by atoms with E-state index < -0.39 is 0 Å². The third-order valence-electron chi connectivity index (χ3n) is 0.920. The highest BCUT2D eigenvalue weighted by Gasteiger charge is 1.84. The Morgan fingerprint density at radius 2 is 2.12 bits per heavy atom. The van der Waals surface area contributed by atoms with E-state index in [2.05, 4.69) is 18.8 Å². The highest BCUT2D eigenvalue weighted by atomic mass is 14.7. The van der Waals surface area contributed by atoms with Gasteiger partial charge in [0.05, 0.1) is 0 Å². The van der Waals surface area contributed by atoms with E-state index in [9.17, 15) is 0 Å². The second kappa shape index (κ2) is 4.82. The lowest BCUT2D eigenvalue weighted by Gasteiger charge is -1.92. The predicted molar refractivity (Wildman–Crippen MR) is 38.2 cm³/mol. The number of rotatable bonds is 3. The summed E-state index contributed by atoms with van der Waals surface area (Å²) in [6.45, 7) is 8.81. The third-order valence-corrected chi connectivity index (χ3v) is 0.920. The molecule has 0 aromatic rings. The molecule has 0 amide bonds. The smallest absolute Gasteiger partial charge is 0.0360 e. The minimum atomic E-state index is 0.874. The maximum Gasteiger partial charge on any atom is 0.0360 e. The van der Waals surface area contributed by atoms with Gasteiger partial charge >= 0.3 is 0 Å². The highest BCUT2D eigenvalue weighted by molar-refractivity contribution is 5.88. The van der Waals surface area contributed by atoms with Crippen LogP contribution in [0.2, 0.25) is 0 Å². The van der Waals surface area contributed by atoms with Gasteiger partial charge in [0, 0.05) is 12.3 Å². The topological polar surface area (TPSA) is 12.4 Å². The largest absolute Gasteiger partial charge is 0.294 e. The van der Waals surface area contributed by atoms with Crippen LogP contribution in [0, 0.1) is 6.92 Å². The van der Waals surface area contributed by atoms with Crippen molar-refractivity contribution in [2.75, 3.05) is 6.54 Å². The van der Waals surface area contributed by atoms with Crippen LogP contribution in [0.3, 0.4) is 0 Å². The van der Waals surface area contributed by atoms with E-state index in [1.54, 1.807) is 0 Å². The van der Waals surface area contributed by atoms with Gasteiger partial charge < -0.3 is 0 Å². The Kier molecular flexibility index (Phi) is 4.62. The lowest BCUT2D eigenvalue weighted by atomic mass is 10.2. The first-order valence-corrected chi connectivity index (χ1v) is 3.16. The first-order chi connectivity index (χ1) is 3.81. The molecule has 0 saturated carbocycles. The molecule has 1 radical (unpaired) electrons. The molecule has 0 fully saturated rings. The predicted octanol–water partition coefficient (Wildman–Crippen LogP) is 2.08. The molecule has 0 rings (SSSR count). The molecule has 0 spiro atoms. The van der Waals surface area contributed by atoms with E-state index in [-0.39, 0.29) is 0 Å². The van der Waals surface area contributed by atoms with Crippen LogP contribution in [-0.4, -0.2) is 12.3 Å². The summed E-state index contributed by atoms with van der Waals surface area (Å²) in [6, 6.07) is 0. The summed E-state index contributed by atoms with van der Waals surface area (Å²) in [6.07, 6.45) is 2.20. The van der Waals surface area contributed by atoms with E-state index in [4.69, 9.17) is 0 Å². The fourth-order valence-corrected chi connectivity index (χ4v) is 0.591. The molecule has 0 bridgehead atoms. The van der Waals surface area contributed by atoms with Crippen LogP contribution in [0.4, 0.5) is 0 Å². The van der Waals surface area contributed by atoms with Crippen molar-refractivity contribution in [3.63, 3.8) is 0 Å². The molecule has 0 N–H and O–H groups in total. The molecule has 0 aliphatic heterocycles. The van der Waals surface area contributed by atoms with Crippen LogP contribution < -0.4 is 0 Å². The lowest BCUT2D eigenvalue weighted by molar-refractivity contribution is 0.980. The minimum absolute atomic E-state index is 0.874. The quantitative estimate of drug-likeness (QED) is 0.496. The van der Waals surface area contributed by atoms with Gasteiger partial charge in [-0.05, 0) is 20.3 Å². The number of nitrogens with zero attached hydrogens (tertiary/aromatic N) is 1. The fourth-order valence-electron chi connectivity index (χ4n) is 0.591. The van der Waals surface area contributed by atoms with Crippen molar-refractivity contribution in [3.05, 3.63) is 6.92 Å². The second-order valence-corrected chi connectivity index (χ2v) is 1.79. The van der Waals surface area contributed by atoms with Crippen LogP contribution >= 0.6 is 0 Å². The molecule has 0 heterocycles. The average Bonchev–Trinajstić information content (AvgIpc) is 1.68. The van der Waals surface area contributed by atoms with Gasteiger partial charge in [0.1, 0.15) is 0 Å². The van der Waals surface area contributed by atoms with Gasteiger partial charge in [-0.3, -0.25) is 4.99 Å². The van der Waals surface area contributed by atoms with Gasteiger partial charge in [-0.2, -0.15) is 0 Å². The van der Waals surface area contributed by atoms with Crippen molar-refractivity contribution >= 4 is 5.71 Å². The van der Waals surface area contributed by atoms with Gasteiger partial charge in [-0.25, -0.2) is 0 Å². The van der Waals surface area contributed by atoms with Gasteiger partial charge in [0.25, 0.3) is 0 Å². The molecule has 0 atom stereocenters. The second-order valence-electron chi connectivity index (χ2n) is 1.79. The van der Waals surface area contributed by atoms with Crippen molar-refractivity contribution in [2.45, 2.75) is 26.7 Å². The molecule has 1 nitrogen and oxygen atoms in total. The lowest BCUT2D eigenvalue weighted by Crippen LogP contribution is -1.90. The van der Waals surface area contributed by atoms with Crippen molar-refractivity contribution in [2.24, 2.45) is 4.99 Å². The Hall–Kier alpha value is -0.330. The van der Waals surface area contributed by atoms with Crippen LogP contribution in [-0.2, 0) is 0 Å². The molecule has 0 aromatic carbocycles. The van der Waals surface area contributed by atoms with Crippen LogP contribution in [0.1, 0.15) is 26.7 Å². The van der Waals surface area contributed by atoms with Crippen molar-refractivity contribution in [1.82, 2.24) is 0 Å². The maximum absolute atomic E-state index is 4.12.